The second-order valence-corrected chi connectivity index (χ2v) is 15.6. The fraction of sp³-hybridized carbons (Fsp3) is 0.750. The summed E-state index contributed by atoms with van der Waals surface area (Å²) in [6.45, 7) is 15.5. The van der Waals surface area contributed by atoms with Crippen molar-refractivity contribution in [2.75, 3.05) is 0 Å². The van der Waals surface area contributed by atoms with Gasteiger partial charge in [-0.25, -0.2) is 0 Å². The molecule has 4 aliphatic carbocycles. The van der Waals surface area contributed by atoms with Gasteiger partial charge < -0.3 is 19.3 Å². The van der Waals surface area contributed by atoms with Gasteiger partial charge in [0.25, 0.3) is 0 Å². The number of carbonyl (C=O) groups excluding carboxylic acids is 3. The Balaban J connectivity index is 1.35. The van der Waals surface area contributed by atoms with E-state index in [4.69, 9.17) is 14.2 Å². The van der Waals surface area contributed by atoms with Crippen molar-refractivity contribution in [3.05, 3.63) is 28.8 Å². The Morgan fingerprint density at radius 3 is 2.28 bits per heavy atom. The Morgan fingerprint density at radius 2 is 1.70 bits per heavy atom. The van der Waals surface area contributed by atoms with E-state index in [1.807, 2.05) is 39.8 Å². The summed E-state index contributed by atoms with van der Waals surface area (Å²) in [4.78, 5) is 38.6. The summed E-state index contributed by atoms with van der Waals surface area (Å²) in [6.07, 6.45) is 8.80. The number of ether oxygens (including phenoxy) is 3. The summed E-state index contributed by atoms with van der Waals surface area (Å²) in [7, 11) is 0. The van der Waals surface area contributed by atoms with Crippen LogP contribution in [0.4, 0.5) is 0 Å². The highest BCUT2D eigenvalue weighted by Gasteiger charge is 2.59. The predicted octanol–water partition coefficient (Wildman–Crippen LogP) is 7.54. The summed E-state index contributed by atoms with van der Waals surface area (Å²) in [5.74, 6) is 0.296. The normalized spacial score (nSPS) is 28.2. The molecule has 0 amide bonds. The molecule has 4 bridgehead atoms. The van der Waals surface area contributed by atoms with E-state index in [9.17, 15) is 19.5 Å². The van der Waals surface area contributed by atoms with E-state index < -0.39 is 22.6 Å². The molecule has 4 saturated carbocycles. The van der Waals surface area contributed by atoms with E-state index in [0.717, 1.165) is 56.1 Å². The first-order chi connectivity index (χ1) is 20.0. The van der Waals surface area contributed by atoms with Crippen molar-refractivity contribution >= 4 is 17.9 Å². The SMILES string of the molecule is CCCC(C)(CC(C)(C)CCC(C)C(=O)OC12CC3CC(CC(O)(C3)C1)C2)C(=O)OCc1cc(C)cc(C)c1OC(C)=O. The molecule has 43 heavy (non-hydrogen) atoms. The van der Waals surface area contributed by atoms with Gasteiger partial charge in [-0.05, 0) is 107 Å². The molecule has 240 valence electrons. The van der Waals surface area contributed by atoms with Gasteiger partial charge in [0.15, 0.2) is 0 Å². The molecule has 4 unspecified atom stereocenters. The minimum absolute atomic E-state index is 0.0329. The number of rotatable bonds is 13. The van der Waals surface area contributed by atoms with Gasteiger partial charge in [0.2, 0.25) is 0 Å². The second kappa shape index (κ2) is 12.5. The molecular weight excluding hydrogens is 544 g/mol. The van der Waals surface area contributed by atoms with Crippen LogP contribution in [0.2, 0.25) is 0 Å². The van der Waals surface area contributed by atoms with Gasteiger partial charge in [-0.15, -0.1) is 0 Å². The van der Waals surface area contributed by atoms with E-state index in [1.165, 1.54) is 6.92 Å². The van der Waals surface area contributed by atoms with Gasteiger partial charge in [-0.3, -0.25) is 14.4 Å². The minimum Gasteiger partial charge on any atom is -0.460 e. The van der Waals surface area contributed by atoms with E-state index in [2.05, 4.69) is 20.8 Å². The zero-order valence-electron chi connectivity index (χ0n) is 27.8. The fourth-order valence-electron chi connectivity index (χ4n) is 9.01. The fourth-order valence-corrected chi connectivity index (χ4v) is 9.01. The predicted molar refractivity (Wildman–Crippen MR) is 165 cm³/mol. The molecular formula is C36H54O7. The number of carbonyl (C=O) groups is 3. The average Bonchev–Trinajstić information content (AvgIpc) is 2.85. The van der Waals surface area contributed by atoms with Crippen LogP contribution >= 0.6 is 0 Å². The molecule has 4 fully saturated rings. The van der Waals surface area contributed by atoms with Crippen molar-refractivity contribution in [2.45, 2.75) is 144 Å². The van der Waals surface area contributed by atoms with Gasteiger partial charge in [-0.2, -0.15) is 0 Å². The largest absolute Gasteiger partial charge is 0.460 e. The van der Waals surface area contributed by atoms with E-state index >= 15 is 0 Å². The first-order valence-corrected chi connectivity index (χ1v) is 16.4. The van der Waals surface area contributed by atoms with Crippen molar-refractivity contribution < 1.29 is 33.7 Å². The van der Waals surface area contributed by atoms with Gasteiger partial charge in [0.05, 0.1) is 16.9 Å². The highest BCUT2D eigenvalue weighted by atomic mass is 16.6. The Labute approximate surface area is 258 Å². The highest BCUT2D eigenvalue weighted by Crippen LogP contribution is 2.59. The first-order valence-electron chi connectivity index (χ1n) is 16.4. The molecule has 7 heteroatoms. The van der Waals surface area contributed by atoms with E-state index in [0.29, 0.717) is 48.8 Å². The maximum atomic E-state index is 13.6. The molecule has 0 aliphatic heterocycles. The van der Waals surface area contributed by atoms with Crippen LogP contribution in [0.1, 0.15) is 129 Å². The number of aryl methyl sites for hydroxylation is 2. The molecule has 4 aliphatic rings. The first kappa shape index (κ1) is 33.5. The molecule has 5 rings (SSSR count). The van der Waals surface area contributed by atoms with Crippen molar-refractivity contribution in [2.24, 2.45) is 28.6 Å². The lowest BCUT2D eigenvalue weighted by Gasteiger charge is -2.59. The Kier molecular flexibility index (Phi) is 9.76. The third kappa shape index (κ3) is 8.01. The molecule has 1 N–H and O–H groups in total. The van der Waals surface area contributed by atoms with Crippen molar-refractivity contribution in [3.63, 3.8) is 0 Å². The summed E-state index contributed by atoms with van der Waals surface area (Å²) in [6, 6.07) is 3.83. The molecule has 1 aromatic carbocycles. The van der Waals surface area contributed by atoms with Crippen LogP contribution in [-0.2, 0) is 30.5 Å². The number of esters is 3. The van der Waals surface area contributed by atoms with Gasteiger partial charge >= 0.3 is 17.9 Å². The quantitative estimate of drug-likeness (QED) is 0.185. The molecule has 7 nitrogen and oxygen atoms in total. The third-order valence-corrected chi connectivity index (χ3v) is 10.2. The van der Waals surface area contributed by atoms with E-state index in [1.54, 1.807) is 0 Å². The maximum Gasteiger partial charge on any atom is 0.312 e. The minimum atomic E-state index is -0.697. The summed E-state index contributed by atoms with van der Waals surface area (Å²) >= 11 is 0. The maximum absolute atomic E-state index is 13.6. The van der Waals surface area contributed by atoms with Gasteiger partial charge in [0.1, 0.15) is 18.0 Å². The van der Waals surface area contributed by atoms with Crippen LogP contribution in [0.3, 0.4) is 0 Å². The number of aliphatic hydroxyl groups is 1. The summed E-state index contributed by atoms with van der Waals surface area (Å²) < 4.78 is 17.6. The average molecular weight is 599 g/mol. The Morgan fingerprint density at radius 1 is 1.05 bits per heavy atom. The van der Waals surface area contributed by atoms with Crippen LogP contribution in [0.15, 0.2) is 12.1 Å². The van der Waals surface area contributed by atoms with Crippen molar-refractivity contribution in [1.29, 1.82) is 0 Å². The monoisotopic (exact) mass is 598 g/mol. The third-order valence-electron chi connectivity index (χ3n) is 10.2. The molecule has 0 spiro atoms. The van der Waals surface area contributed by atoms with Crippen LogP contribution < -0.4 is 4.74 Å². The van der Waals surface area contributed by atoms with Gasteiger partial charge in [0, 0.05) is 18.9 Å². The van der Waals surface area contributed by atoms with Crippen LogP contribution in [-0.4, -0.2) is 34.2 Å². The summed E-state index contributed by atoms with van der Waals surface area (Å²) in [5, 5.41) is 11.1. The van der Waals surface area contributed by atoms with E-state index in [-0.39, 0.29) is 29.9 Å². The lowest BCUT2D eigenvalue weighted by molar-refractivity contribution is -0.222. The van der Waals surface area contributed by atoms with Crippen LogP contribution in [0.25, 0.3) is 0 Å². The topological polar surface area (TPSA) is 99.1 Å². The standard InChI is InChI=1S/C36H54O7/c1-9-11-34(8,32(39)41-20-29-14-23(2)13-25(4)30(29)42-26(5)37)21-33(6,7)12-10-24(3)31(38)43-36-18-27-15-28(19-36)17-35(40,16-27)22-36/h13-14,24,27-28,40H,9-12,15-22H2,1-8H3. The highest BCUT2D eigenvalue weighted by molar-refractivity contribution is 5.77. The van der Waals surface area contributed by atoms with Crippen molar-refractivity contribution in [3.8, 4) is 5.75 Å². The molecule has 0 radical (unpaired) electrons. The number of benzene rings is 1. The second-order valence-electron chi connectivity index (χ2n) is 15.6. The molecule has 1 aromatic rings. The molecule has 0 heterocycles. The van der Waals surface area contributed by atoms with Crippen LogP contribution in [0.5, 0.6) is 5.75 Å². The van der Waals surface area contributed by atoms with Crippen LogP contribution in [0, 0.1) is 42.4 Å². The molecule has 0 saturated heterocycles. The lowest BCUT2D eigenvalue weighted by Crippen LogP contribution is -2.60. The number of hydrogen-bond acceptors (Lipinski definition) is 7. The lowest BCUT2D eigenvalue weighted by atomic mass is 9.52. The zero-order valence-corrected chi connectivity index (χ0v) is 27.8. The number of hydrogen-bond donors (Lipinski definition) is 1. The Bertz CT molecular complexity index is 1200. The summed E-state index contributed by atoms with van der Waals surface area (Å²) in [5.41, 5.74) is 0.446. The van der Waals surface area contributed by atoms with Crippen molar-refractivity contribution in [1.82, 2.24) is 0 Å². The smallest absolute Gasteiger partial charge is 0.312 e. The molecule has 0 aromatic heterocycles. The molecule has 4 atom stereocenters. The van der Waals surface area contributed by atoms with Gasteiger partial charge in [-0.1, -0.05) is 45.7 Å². The zero-order chi connectivity index (χ0) is 31.8. The Hall–Kier alpha value is -2.41.